The first-order chi connectivity index (χ1) is 10.3. The summed E-state index contributed by atoms with van der Waals surface area (Å²) in [5, 5.41) is 13.5. The molecular weight excluding hydrogens is 312 g/mol. The van der Waals surface area contributed by atoms with Gasteiger partial charge in [-0.3, -0.25) is 0 Å². The summed E-state index contributed by atoms with van der Waals surface area (Å²) in [6.45, 7) is 0.819. The van der Waals surface area contributed by atoms with Crippen LogP contribution in [0, 0.1) is 0 Å². The molecule has 0 radical (unpaired) electrons. The number of rotatable bonds is 4. The minimum absolute atomic E-state index is 0.284. The number of hydrogen-bond donors (Lipinski definition) is 0. The Labute approximate surface area is 130 Å². The van der Waals surface area contributed by atoms with E-state index in [4.69, 9.17) is 21.1 Å². The van der Waals surface area contributed by atoms with Crippen molar-refractivity contribution < 1.29 is 9.47 Å². The Hall–Kier alpha value is -1.31. The van der Waals surface area contributed by atoms with Crippen LogP contribution in [0.3, 0.4) is 0 Å². The van der Waals surface area contributed by atoms with Gasteiger partial charge in [-0.15, -0.1) is 5.10 Å². The molecule has 1 aromatic heterocycles. The van der Waals surface area contributed by atoms with Crippen LogP contribution in [0.15, 0.2) is 17.3 Å². The van der Waals surface area contributed by atoms with Crippen LogP contribution in [0.1, 0.15) is 30.0 Å². The number of benzene rings is 1. The molecule has 1 aromatic carbocycles. The molecule has 110 valence electrons. The maximum Gasteiger partial charge on any atom is 0.209 e. The molecular formula is C13H13ClN4O2S. The van der Waals surface area contributed by atoms with E-state index in [0.29, 0.717) is 17.7 Å². The van der Waals surface area contributed by atoms with Crippen LogP contribution in [-0.4, -0.2) is 27.0 Å². The smallest absolute Gasteiger partial charge is 0.209 e. The summed E-state index contributed by atoms with van der Waals surface area (Å²) in [5.41, 5.74) is 2.04. The van der Waals surface area contributed by atoms with Crippen molar-refractivity contribution in [2.75, 3.05) is 6.79 Å². The van der Waals surface area contributed by atoms with E-state index in [2.05, 4.69) is 15.5 Å². The van der Waals surface area contributed by atoms with Gasteiger partial charge in [0.25, 0.3) is 0 Å². The van der Waals surface area contributed by atoms with Crippen LogP contribution in [0.4, 0.5) is 0 Å². The molecule has 1 fully saturated rings. The zero-order valence-electron chi connectivity index (χ0n) is 11.2. The zero-order chi connectivity index (χ0) is 14.2. The quantitative estimate of drug-likeness (QED) is 0.806. The molecule has 8 heteroatoms. The van der Waals surface area contributed by atoms with Gasteiger partial charge in [0.15, 0.2) is 6.79 Å². The lowest BCUT2D eigenvalue weighted by Gasteiger charge is -2.20. The van der Waals surface area contributed by atoms with E-state index in [1.54, 1.807) is 11.8 Å². The van der Waals surface area contributed by atoms with Crippen LogP contribution in [-0.2, 0) is 17.1 Å². The zero-order valence-corrected chi connectivity index (χ0v) is 12.7. The maximum absolute atomic E-state index is 6.17. The third-order valence-electron chi connectivity index (χ3n) is 3.46. The fourth-order valence-corrected chi connectivity index (χ4v) is 3.51. The van der Waals surface area contributed by atoms with Crippen molar-refractivity contribution in [1.82, 2.24) is 20.2 Å². The van der Waals surface area contributed by atoms with E-state index < -0.39 is 0 Å². The average molecular weight is 325 g/mol. The van der Waals surface area contributed by atoms with E-state index in [1.165, 1.54) is 0 Å². The Balaban J connectivity index is 1.56. The van der Waals surface area contributed by atoms with Gasteiger partial charge >= 0.3 is 0 Å². The Morgan fingerprint density at radius 1 is 1.38 bits per heavy atom. The Morgan fingerprint density at radius 3 is 3.14 bits per heavy atom. The molecule has 0 spiro atoms. The Morgan fingerprint density at radius 2 is 2.29 bits per heavy atom. The average Bonchev–Trinajstić information content (AvgIpc) is 3.23. The summed E-state index contributed by atoms with van der Waals surface area (Å²) in [7, 11) is 0. The maximum atomic E-state index is 6.17. The Kier molecular flexibility index (Phi) is 3.48. The van der Waals surface area contributed by atoms with E-state index >= 15 is 0 Å². The van der Waals surface area contributed by atoms with E-state index in [0.717, 1.165) is 40.6 Å². The summed E-state index contributed by atoms with van der Waals surface area (Å²) in [4.78, 5) is 0. The van der Waals surface area contributed by atoms with Crippen molar-refractivity contribution in [3.63, 3.8) is 0 Å². The lowest BCUT2D eigenvalue weighted by Crippen LogP contribution is -2.13. The normalized spacial score (nSPS) is 17.4. The lowest BCUT2D eigenvalue weighted by molar-refractivity contribution is -0.0168. The van der Waals surface area contributed by atoms with Gasteiger partial charge in [-0.05, 0) is 35.4 Å². The number of halogens is 1. The predicted molar refractivity (Wildman–Crippen MR) is 77.4 cm³/mol. The van der Waals surface area contributed by atoms with E-state index in [1.807, 2.05) is 16.8 Å². The minimum Gasteiger partial charge on any atom is -0.467 e. The first-order valence-electron chi connectivity index (χ1n) is 6.74. The van der Waals surface area contributed by atoms with Gasteiger partial charge in [0.1, 0.15) is 5.75 Å². The van der Waals surface area contributed by atoms with Gasteiger partial charge in [0.05, 0.1) is 12.6 Å². The Bertz CT molecular complexity index is 674. The number of nitrogens with zero attached hydrogens (tertiary/aromatic N) is 4. The van der Waals surface area contributed by atoms with Crippen molar-refractivity contribution in [2.24, 2.45) is 0 Å². The van der Waals surface area contributed by atoms with Crippen LogP contribution in [0.2, 0.25) is 5.02 Å². The summed E-state index contributed by atoms with van der Waals surface area (Å²) < 4.78 is 12.8. The van der Waals surface area contributed by atoms with Crippen LogP contribution in [0.25, 0.3) is 0 Å². The fraction of sp³-hybridized carbons (Fsp3) is 0.462. The molecule has 4 rings (SSSR count). The molecule has 0 bridgehead atoms. The number of aromatic nitrogens is 4. The molecule has 2 aromatic rings. The molecule has 6 nitrogen and oxygen atoms in total. The van der Waals surface area contributed by atoms with Crippen molar-refractivity contribution in [3.05, 3.63) is 28.3 Å². The molecule has 0 N–H and O–H groups in total. The lowest BCUT2D eigenvalue weighted by atomic mass is 10.1. The number of ether oxygens (including phenoxy) is 2. The van der Waals surface area contributed by atoms with Gasteiger partial charge in [-0.25, -0.2) is 4.68 Å². The topological polar surface area (TPSA) is 62.1 Å². The molecule has 21 heavy (non-hydrogen) atoms. The monoisotopic (exact) mass is 324 g/mol. The molecule has 2 heterocycles. The fourth-order valence-electron chi connectivity index (χ4n) is 2.33. The van der Waals surface area contributed by atoms with Crippen molar-refractivity contribution >= 4 is 23.4 Å². The van der Waals surface area contributed by atoms with Gasteiger partial charge < -0.3 is 9.47 Å². The molecule has 1 aliphatic heterocycles. The molecule has 1 saturated carbocycles. The third-order valence-corrected chi connectivity index (χ3v) is 4.66. The molecule has 0 unspecified atom stereocenters. The van der Waals surface area contributed by atoms with Crippen LogP contribution in [0.5, 0.6) is 5.75 Å². The highest BCUT2D eigenvalue weighted by Gasteiger charge is 2.28. The highest BCUT2D eigenvalue weighted by atomic mass is 35.5. The molecule has 0 saturated heterocycles. The highest BCUT2D eigenvalue weighted by molar-refractivity contribution is 7.98. The largest absolute Gasteiger partial charge is 0.467 e. The number of fused-ring (bicyclic) bond motifs is 1. The van der Waals surface area contributed by atoms with Crippen molar-refractivity contribution in [3.8, 4) is 5.75 Å². The molecule has 1 aliphatic carbocycles. The van der Waals surface area contributed by atoms with E-state index in [-0.39, 0.29) is 6.79 Å². The third kappa shape index (κ3) is 2.73. The predicted octanol–water partition coefficient (Wildman–Crippen LogP) is 2.82. The molecule has 2 aliphatic rings. The minimum atomic E-state index is 0.284. The van der Waals surface area contributed by atoms with Crippen molar-refractivity contribution in [2.45, 2.75) is 36.4 Å². The first kappa shape index (κ1) is 13.4. The van der Waals surface area contributed by atoms with E-state index in [9.17, 15) is 0 Å². The summed E-state index contributed by atoms with van der Waals surface area (Å²) in [6, 6.07) is 4.29. The summed E-state index contributed by atoms with van der Waals surface area (Å²) in [6.07, 6.45) is 2.32. The second-order valence-electron chi connectivity index (χ2n) is 5.09. The first-order valence-corrected chi connectivity index (χ1v) is 8.10. The number of thioether (sulfide) groups is 1. The SMILES string of the molecule is Clc1cc2c(c(CSc3nnnn3C3CC3)c1)OCOC2. The number of hydrogen-bond acceptors (Lipinski definition) is 6. The van der Waals surface area contributed by atoms with Gasteiger partial charge in [0.2, 0.25) is 5.16 Å². The molecule has 0 atom stereocenters. The highest BCUT2D eigenvalue weighted by Crippen LogP contribution is 2.38. The summed E-state index contributed by atoms with van der Waals surface area (Å²) >= 11 is 7.77. The standard InChI is InChI=1S/C13H13ClN4O2S/c14-10-3-8-5-19-7-20-12(8)9(4-10)6-21-13-15-16-17-18(13)11-1-2-11/h3-4,11H,1-2,5-7H2. The van der Waals surface area contributed by atoms with Crippen LogP contribution < -0.4 is 4.74 Å². The summed E-state index contributed by atoms with van der Waals surface area (Å²) in [5.74, 6) is 1.60. The van der Waals surface area contributed by atoms with Gasteiger partial charge in [-0.1, -0.05) is 23.4 Å². The van der Waals surface area contributed by atoms with Gasteiger partial charge in [0, 0.05) is 21.9 Å². The van der Waals surface area contributed by atoms with Crippen molar-refractivity contribution in [1.29, 1.82) is 0 Å². The second-order valence-corrected chi connectivity index (χ2v) is 6.47. The number of tetrazole rings is 1. The molecule has 0 amide bonds. The second kappa shape index (κ2) is 5.47. The van der Waals surface area contributed by atoms with Crippen LogP contribution >= 0.6 is 23.4 Å². The van der Waals surface area contributed by atoms with Gasteiger partial charge in [-0.2, -0.15) is 0 Å².